The summed E-state index contributed by atoms with van der Waals surface area (Å²) >= 11 is 6.24. The predicted octanol–water partition coefficient (Wildman–Crippen LogP) is 5.02. The van der Waals surface area contributed by atoms with E-state index < -0.39 is 34.3 Å². The number of benzene rings is 3. The van der Waals surface area contributed by atoms with Gasteiger partial charge in [-0.25, -0.2) is 12.8 Å². The number of sulfonamides is 1. The van der Waals surface area contributed by atoms with Crippen molar-refractivity contribution in [3.05, 3.63) is 89.2 Å². The second-order valence-electron chi connectivity index (χ2n) is 9.38. The number of methoxy groups -OCH3 is 1. The smallest absolute Gasteiger partial charge is 0.264 e. The molecule has 0 aromatic heterocycles. The number of halogens is 2. The van der Waals surface area contributed by atoms with Crippen molar-refractivity contribution in [2.45, 2.75) is 50.7 Å². The van der Waals surface area contributed by atoms with E-state index in [0.717, 1.165) is 4.31 Å². The lowest BCUT2D eigenvalue weighted by atomic mass is 10.1. The van der Waals surface area contributed by atoms with Gasteiger partial charge in [0.05, 0.1) is 17.7 Å². The zero-order valence-corrected chi connectivity index (χ0v) is 24.4. The van der Waals surface area contributed by atoms with Crippen LogP contribution in [0.15, 0.2) is 77.7 Å². The lowest BCUT2D eigenvalue weighted by Crippen LogP contribution is -2.53. The van der Waals surface area contributed by atoms with Gasteiger partial charge >= 0.3 is 0 Å². The molecule has 0 saturated heterocycles. The molecule has 3 rings (SSSR count). The molecule has 0 aliphatic carbocycles. The maximum absolute atomic E-state index is 14.0. The number of anilines is 1. The molecule has 1 atom stereocenters. The Morgan fingerprint density at radius 2 is 1.68 bits per heavy atom. The summed E-state index contributed by atoms with van der Waals surface area (Å²) in [6.07, 6.45) is 0.261. The first-order valence-electron chi connectivity index (χ1n) is 12.7. The second-order valence-corrected chi connectivity index (χ2v) is 11.7. The van der Waals surface area contributed by atoms with Crippen LogP contribution in [0.3, 0.4) is 0 Å². The van der Waals surface area contributed by atoms with Gasteiger partial charge in [-0.15, -0.1) is 0 Å². The van der Waals surface area contributed by atoms with Crippen LogP contribution in [0.5, 0.6) is 5.75 Å². The second kappa shape index (κ2) is 13.6. The largest absolute Gasteiger partial charge is 0.495 e. The molecule has 0 bridgehead atoms. The van der Waals surface area contributed by atoms with Crippen molar-refractivity contribution in [1.82, 2.24) is 10.2 Å². The maximum Gasteiger partial charge on any atom is 0.264 e. The van der Waals surface area contributed by atoms with Crippen LogP contribution >= 0.6 is 11.6 Å². The van der Waals surface area contributed by atoms with Gasteiger partial charge in [0.15, 0.2) is 0 Å². The standard InChI is InChI=1S/C29H33ClFN3O5S/c1-5-25(29(36)32-20(2)3)33(18-21-11-14-23(31)15-12-21)28(35)19-34(26-17-22(30)13-16-27(26)39-4)40(37,38)24-9-7-6-8-10-24/h6-17,20,25H,5,18-19H2,1-4H3,(H,32,36)/t25-/m1/s1. The monoisotopic (exact) mass is 589 g/mol. The van der Waals surface area contributed by atoms with Crippen LogP contribution in [0.1, 0.15) is 32.8 Å². The van der Waals surface area contributed by atoms with Crippen LogP contribution in [-0.4, -0.2) is 50.9 Å². The summed E-state index contributed by atoms with van der Waals surface area (Å²) in [4.78, 5) is 28.5. The number of nitrogens with one attached hydrogen (secondary N) is 1. The number of nitrogens with zero attached hydrogens (tertiary/aromatic N) is 2. The molecule has 1 N–H and O–H groups in total. The highest BCUT2D eigenvalue weighted by molar-refractivity contribution is 7.92. The van der Waals surface area contributed by atoms with E-state index in [1.165, 1.54) is 60.5 Å². The Labute approximate surface area is 239 Å². The highest BCUT2D eigenvalue weighted by atomic mass is 35.5. The summed E-state index contributed by atoms with van der Waals surface area (Å²) < 4.78 is 47.8. The minimum absolute atomic E-state index is 0.0421. The zero-order chi connectivity index (χ0) is 29.4. The summed E-state index contributed by atoms with van der Waals surface area (Å²) in [6, 6.07) is 16.6. The van der Waals surface area contributed by atoms with Gasteiger partial charge in [0.2, 0.25) is 11.8 Å². The molecule has 3 aromatic rings. The normalized spacial score (nSPS) is 12.1. The third-order valence-electron chi connectivity index (χ3n) is 6.10. The summed E-state index contributed by atoms with van der Waals surface area (Å²) in [5.41, 5.74) is 0.636. The predicted molar refractivity (Wildman–Crippen MR) is 153 cm³/mol. The first kappa shape index (κ1) is 30.9. The average molecular weight is 590 g/mol. The van der Waals surface area contributed by atoms with E-state index in [1.807, 2.05) is 0 Å². The Morgan fingerprint density at radius 3 is 2.25 bits per heavy atom. The molecule has 0 saturated carbocycles. The van der Waals surface area contributed by atoms with E-state index in [2.05, 4.69) is 5.32 Å². The molecular weight excluding hydrogens is 557 g/mol. The van der Waals surface area contributed by atoms with E-state index in [1.54, 1.807) is 45.0 Å². The van der Waals surface area contributed by atoms with Crippen LogP contribution in [0.4, 0.5) is 10.1 Å². The Balaban J connectivity index is 2.12. The molecule has 214 valence electrons. The number of ether oxygens (including phenoxy) is 1. The zero-order valence-electron chi connectivity index (χ0n) is 22.8. The third-order valence-corrected chi connectivity index (χ3v) is 8.11. The Hall–Kier alpha value is -3.63. The maximum atomic E-state index is 14.0. The molecule has 0 aliphatic rings. The van der Waals surface area contributed by atoms with Crippen molar-refractivity contribution in [3.8, 4) is 5.75 Å². The first-order chi connectivity index (χ1) is 19.0. The van der Waals surface area contributed by atoms with E-state index in [-0.39, 0.29) is 46.3 Å². The number of carbonyl (C=O) groups is 2. The average Bonchev–Trinajstić information content (AvgIpc) is 2.92. The SMILES string of the molecule is CC[C@H](C(=O)NC(C)C)N(Cc1ccc(F)cc1)C(=O)CN(c1cc(Cl)ccc1OC)S(=O)(=O)c1ccccc1. The van der Waals surface area contributed by atoms with Crippen molar-refractivity contribution in [3.63, 3.8) is 0 Å². The molecule has 0 radical (unpaired) electrons. The Kier molecular flexibility index (Phi) is 10.5. The Bertz CT molecular complexity index is 1420. The molecule has 2 amide bonds. The molecule has 8 nitrogen and oxygen atoms in total. The molecule has 0 fully saturated rings. The first-order valence-corrected chi connectivity index (χ1v) is 14.5. The van der Waals surface area contributed by atoms with Crippen LogP contribution in [0.25, 0.3) is 0 Å². The molecule has 3 aromatic carbocycles. The molecule has 0 unspecified atom stereocenters. The van der Waals surface area contributed by atoms with Crippen molar-refractivity contribution in [2.24, 2.45) is 0 Å². The topological polar surface area (TPSA) is 96.0 Å². The molecular formula is C29H33ClFN3O5S. The van der Waals surface area contributed by atoms with Gasteiger partial charge in [-0.1, -0.05) is 48.9 Å². The van der Waals surface area contributed by atoms with Gasteiger partial charge in [0.1, 0.15) is 24.2 Å². The van der Waals surface area contributed by atoms with Crippen molar-refractivity contribution < 1.29 is 27.1 Å². The highest BCUT2D eigenvalue weighted by Crippen LogP contribution is 2.35. The van der Waals surface area contributed by atoms with Crippen molar-refractivity contribution in [2.75, 3.05) is 18.0 Å². The third kappa shape index (κ3) is 7.51. The van der Waals surface area contributed by atoms with E-state index in [4.69, 9.17) is 16.3 Å². The van der Waals surface area contributed by atoms with Crippen LogP contribution in [0.2, 0.25) is 5.02 Å². The number of hydrogen-bond donors (Lipinski definition) is 1. The van der Waals surface area contributed by atoms with Crippen LogP contribution in [-0.2, 0) is 26.2 Å². The highest BCUT2D eigenvalue weighted by Gasteiger charge is 2.35. The molecule has 11 heteroatoms. The quantitative estimate of drug-likeness (QED) is 0.320. The summed E-state index contributed by atoms with van der Waals surface area (Å²) in [5, 5.41) is 3.07. The lowest BCUT2D eigenvalue weighted by Gasteiger charge is -2.34. The number of amides is 2. The fraction of sp³-hybridized carbons (Fsp3) is 0.310. The number of hydrogen-bond acceptors (Lipinski definition) is 5. The van der Waals surface area contributed by atoms with Crippen LogP contribution < -0.4 is 14.4 Å². The molecule has 0 heterocycles. The van der Waals surface area contributed by atoms with Gasteiger partial charge in [-0.05, 0) is 68.3 Å². The van der Waals surface area contributed by atoms with Crippen LogP contribution in [0, 0.1) is 5.82 Å². The van der Waals surface area contributed by atoms with E-state index >= 15 is 0 Å². The Morgan fingerprint density at radius 1 is 1.02 bits per heavy atom. The van der Waals surface area contributed by atoms with Gasteiger partial charge in [-0.2, -0.15) is 0 Å². The lowest BCUT2D eigenvalue weighted by molar-refractivity contribution is -0.140. The van der Waals surface area contributed by atoms with Crippen molar-refractivity contribution in [1.29, 1.82) is 0 Å². The number of carbonyl (C=O) groups excluding carboxylic acids is 2. The van der Waals surface area contributed by atoms with Crippen molar-refractivity contribution >= 4 is 39.1 Å². The van der Waals surface area contributed by atoms with Gasteiger partial charge in [0, 0.05) is 17.6 Å². The fourth-order valence-corrected chi connectivity index (χ4v) is 5.78. The van der Waals surface area contributed by atoms with Gasteiger partial charge in [0.25, 0.3) is 10.0 Å². The van der Waals surface area contributed by atoms with Gasteiger partial charge in [-0.3, -0.25) is 13.9 Å². The van der Waals surface area contributed by atoms with Gasteiger partial charge < -0.3 is 15.0 Å². The minimum atomic E-state index is -4.29. The summed E-state index contributed by atoms with van der Waals surface area (Å²) in [7, 11) is -2.90. The summed E-state index contributed by atoms with van der Waals surface area (Å²) in [6.45, 7) is 4.66. The molecule has 40 heavy (non-hydrogen) atoms. The molecule has 0 aliphatic heterocycles. The molecule has 0 spiro atoms. The van der Waals surface area contributed by atoms with E-state index in [0.29, 0.717) is 5.56 Å². The summed E-state index contributed by atoms with van der Waals surface area (Å²) in [5.74, 6) is -1.28. The number of rotatable bonds is 12. The van der Waals surface area contributed by atoms with E-state index in [9.17, 15) is 22.4 Å². The fourth-order valence-electron chi connectivity index (χ4n) is 4.18. The minimum Gasteiger partial charge on any atom is -0.495 e.